The first-order valence-corrected chi connectivity index (χ1v) is 5.86. The number of anilines is 1. The second-order valence-corrected chi connectivity index (χ2v) is 3.97. The molecule has 5 nitrogen and oxygen atoms in total. The molecule has 96 valence electrons. The summed E-state index contributed by atoms with van der Waals surface area (Å²) in [5, 5.41) is 7.40. The van der Waals surface area contributed by atoms with E-state index < -0.39 is 5.91 Å². The third kappa shape index (κ3) is 3.41. The summed E-state index contributed by atoms with van der Waals surface area (Å²) >= 11 is 0. The van der Waals surface area contributed by atoms with Crippen molar-refractivity contribution in [3.05, 3.63) is 29.5 Å². The molecule has 0 saturated heterocycles. The number of amides is 1. The first-order chi connectivity index (χ1) is 8.60. The van der Waals surface area contributed by atoms with Crippen LogP contribution in [0.5, 0.6) is 0 Å². The Kier molecular flexibility index (Phi) is 5.05. The molecule has 1 aromatic rings. The van der Waals surface area contributed by atoms with E-state index in [1.165, 1.54) is 6.21 Å². The molecule has 0 spiro atoms. The standard InChI is InChI=1S/C13H18N4O/c1-2-3-4-5-9(7-14)10-6-11(13(16)18)12(15)17-8-10/h5-8,14H,2-4H2,1H3,(H2,15,17)(H2,16,18)/b9-5+,14-7?. The number of pyridine rings is 1. The lowest BCUT2D eigenvalue weighted by atomic mass is 10.0. The Labute approximate surface area is 106 Å². The predicted molar refractivity (Wildman–Crippen MR) is 73.5 cm³/mol. The molecule has 0 bridgehead atoms. The Hall–Kier alpha value is -2.17. The highest BCUT2D eigenvalue weighted by Gasteiger charge is 2.09. The van der Waals surface area contributed by atoms with Gasteiger partial charge in [-0.1, -0.05) is 25.8 Å². The van der Waals surface area contributed by atoms with E-state index in [1.54, 1.807) is 12.3 Å². The number of nitrogens with two attached hydrogens (primary N) is 2. The van der Waals surface area contributed by atoms with Crippen LogP contribution >= 0.6 is 0 Å². The third-order valence-electron chi connectivity index (χ3n) is 2.59. The van der Waals surface area contributed by atoms with Gasteiger partial charge in [0.05, 0.1) is 5.56 Å². The van der Waals surface area contributed by atoms with Crippen LogP contribution in [0.2, 0.25) is 0 Å². The average molecular weight is 246 g/mol. The molecule has 0 aliphatic carbocycles. The maximum atomic E-state index is 11.2. The zero-order valence-corrected chi connectivity index (χ0v) is 10.4. The number of unbranched alkanes of at least 4 members (excludes halogenated alkanes) is 2. The smallest absolute Gasteiger partial charge is 0.252 e. The van der Waals surface area contributed by atoms with Gasteiger partial charge < -0.3 is 16.9 Å². The second-order valence-electron chi connectivity index (χ2n) is 3.97. The molecule has 0 fully saturated rings. The summed E-state index contributed by atoms with van der Waals surface area (Å²) in [5.74, 6) is -0.496. The third-order valence-corrected chi connectivity index (χ3v) is 2.59. The molecule has 5 N–H and O–H groups in total. The van der Waals surface area contributed by atoms with Crippen molar-refractivity contribution in [1.82, 2.24) is 4.98 Å². The molecule has 5 heteroatoms. The lowest BCUT2D eigenvalue weighted by molar-refractivity contribution is 0.100. The van der Waals surface area contributed by atoms with Crippen molar-refractivity contribution < 1.29 is 4.79 Å². The van der Waals surface area contributed by atoms with Gasteiger partial charge in [-0.15, -0.1) is 0 Å². The molecule has 0 unspecified atom stereocenters. The molecular weight excluding hydrogens is 228 g/mol. The number of hydrogen-bond donors (Lipinski definition) is 3. The molecule has 0 aliphatic rings. The molecule has 1 heterocycles. The second kappa shape index (κ2) is 6.54. The number of carbonyl (C=O) groups excluding carboxylic acids is 1. The number of nitrogens with one attached hydrogen (secondary N) is 1. The largest absolute Gasteiger partial charge is 0.383 e. The number of rotatable bonds is 6. The van der Waals surface area contributed by atoms with E-state index in [2.05, 4.69) is 11.9 Å². The van der Waals surface area contributed by atoms with Gasteiger partial charge >= 0.3 is 0 Å². The van der Waals surface area contributed by atoms with Gasteiger partial charge in [0.2, 0.25) is 0 Å². The fraction of sp³-hybridized carbons (Fsp3) is 0.308. The molecule has 1 amide bonds. The first-order valence-electron chi connectivity index (χ1n) is 5.86. The van der Waals surface area contributed by atoms with Crippen molar-refractivity contribution in [2.45, 2.75) is 26.2 Å². The summed E-state index contributed by atoms with van der Waals surface area (Å²) < 4.78 is 0. The highest BCUT2D eigenvalue weighted by Crippen LogP contribution is 2.17. The van der Waals surface area contributed by atoms with E-state index >= 15 is 0 Å². The maximum absolute atomic E-state index is 11.2. The number of nitrogens with zero attached hydrogens (tertiary/aromatic N) is 1. The summed E-state index contributed by atoms with van der Waals surface area (Å²) in [4.78, 5) is 15.1. The minimum atomic E-state index is -0.611. The van der Waals surface area contributed by atoms with Crippen LogP contribution in [0, 0.1) is 5.41 Å². The van der Waals surface area contributed by atoms with Crippen molar-refractivity contribution in [3.63, 3.8) is 0 Å². The van der Waals surface area contributed by atoms with E-state index in [4.69, 9.17) is 16.9 Å². The van der Waals surface area contributed by atoms with E-state index in [9.17, 15) is 4.79 Å². The topological polar surface area (TPSA) is 106 Å². The molecule has 1 rings (SSSR count). The van der Waals surface area contributed by atoms with Crippen LogP contribution in [-0.4, -0.2) is 17.1 Å². The molecule has 1 aromatic heterocycles. The summed E-state index contributed by atoms with van der Waals surface area (Å²) in [5.41, 5.74) is 12.4. The summed E-state index contributed by atoms with van der Waals surface area (Å²) in [6.45, 7) is 2.11. The first kappa shape index (κ1) is 13.9. The van der Waals surface area contributed by atoms with Crippen molar-refractivity contribution >= 4 is 23.5 Å². The maximum Gasteiger partial charge on any atom is 0.252 e. The van der Waals surface area contributed by atoms with E-state index in [1.807, 2.05) is 6.08 Å². The Morgan fingerprint density at radius 2 is 2.28 bits per heavy atom. The Bertz CT molecular complexity index is 480. The molecule has 0 aromatic carbocycles. The fourth-order valence-electron chi connectivity index (χ4n) is 1.55. The van der Waals surface area contributed by atoms with E-state index in [0.29, 0.717) is 5.56 Å². The zero-order valence-electron chi connectivity index (χ0n) is 10.4. The monoisotopic (exact) mass is 246 g/mol. The Morgan fingerprint density at radius 3 is 2.83 bits per heavy atom. The minimum absolute atomic E-state index is 0.115. The van der Waals surface area contributed by atoms with Gasteiger partial charge in [-0.3, -0.25) is 4.79 Å². The van der Waals surface area contributed by atoms with Gasteiger partial charge in [-0.05, 0) is 18.1 Å². The van der Waals surface area contributed by atoms with Crippen LogP contribution in [0.3, 0.4) is 0 Å². The van der Waals surface area contributed by atoms with Gasteiger partial charge in [0.15, 0.2) is 0 Å². The normalized spacial score (nSPS) is 11.3. The van der Waals surface area contributed by atoms with Crippen LogP contribution in [-0.2, 0) is 0 Å². The highest BCUT2D eigenvalue weighted by atomic mass is 16.1. The molecule has 18 heavy (non-hydrogen) atoms. The van der Waals surface area contributed by atoms with Gasteiger partial charge in [0.25, 0.3) is 5.91 Å². The summed E-state index contributed by atoms with van der Waals surface area (Å²) in [6, 6.07) is 1.58. The van der Waals surface area contributed by atoms with Crippen molar-refractivity contribution in [3.8, 4) is 0 Å². The molecule has 0 atom stereocenters. The minimum Gasteiger partial charge on any atom is -0.383 e. The Balaban J connectivity index is 3.07. The predicted octanol–water partition coefficient (Wildman–Crippen LogP) is 1.99. The average Bonchev–Trinajstić information content (AvgIpc) is 2.35. The van der Waals surface area contributed by atoms with Crippen LogP contribution in [0.1, 0.15) is 42.1 Å². The number of nitrogen functional groups attached to an aromatic ring is 1. The molecule has 0 aliphatic heterocycles. The zero-order chi connectivity index (χ0) is 13.5. The quantitative estimate of drug-likeness (QED) is 0.527. The number of hydrogen-bond acceptors (Lipinski definition) is 4. The van der Waals surface area contributed by atoms with Gasteiger partial charge in [-0.25, -0.2) is 4.98 Å². The number of carbonyl (C=O) groups is 1. The van der Waals surface area contributed by atoms with Crippen LogP contribution in [0.4, 0.5) is 5.82 Å². The molecule has 0 radical (unpaired) electrons. The Morgan fingerprint density at radius 1 is 1.56 bits per heavy atom. The van der Waals surface area contributed by atoms with Crippen molar-refractivity contribution in [2.24, 2.45) is 5.73 Å². The van der Waals surface area contributed by atoms with Gasteiger partial charge in [-0.2, -0.15) is 0 Å². The van der Waals surface area contributed by atoms with E-state index in [-0.39, 0.29) is 11.4 Å². The lowest BCUT2D eigenvalue weighted by Crippen LogP contribution is -2.14. The number of allylic oxidation sites excluding steroid dienone is 2. The summed E-state index contributed by atoms with van der Waals surface area (Å²) in [7, 11) is 0. The van der Waals surface area contributed by atoms with Crippen LogP contribution in [0.25, 0.3) is 5.57 Å². The van der Waals surface area contributed by atoms with Crippen molar-refractivity contribution in [1.29, 1.82) is 5.41 Å². The lowest BCUT2D eigenvalue weighted by Gasteiger charge is -2.05. The highest BCUT2D eigenvalue weighted by molar-refractivity contribution is 6.09. The van der Waals surface area contributed by atoms with Gasteiger partial charge in [0.1, 0.15) is 5.82 Å². The van der Waals surface area contributed by atoms with E-state index in [0.717, 1.165) is 24.8 Å². The summed E-state index contributed by atoms with van der Waals surface area (Å²) in [6.07, 6.45) is 7.78. The van der Waals surface area contributed by atoms with Crippen LogP contribution < -0.4 is 11.5 Å². The van der Waals surface area contributed by atoms with Crippen LogP contribution in [0.15, 0.2) is 18.3 Å². The molecule has 0 saturated carbocycles. The molecular formula is C13H18N4O. The number of aromatic nitrogens is 1. The van der Waals surface area contributed by atoms with Crippen molar-refractivity contribution in [2.75, 3.05) is 5.73 Å². The fourth-order valence-corrected chi connectivity index (χ4v) is 1.55. The van der Waals surface area contributed by atoms with Gasteiger partial charge in [0, 0.05) is 18.0 Å². The SMILES string of the molecule is CCCC/C=C(\C=N)c1cnc(N)c(C(N)=O)c1. The number of primary amides is 1.